The van der Waals surface area contributed by atoms with Crippen molar-refractivity contribution in [3.63, 3.8) is 0 Å². The molecule has 0 fully saturated rings. The van der Waals surface area contributed by atoms with Gasteiger partial charge in [-0.2, -0.15) is 0 Å². The summed E-state index contributed by atoms with van der Waals surface area (Å²) in [4.78, 5) is 24.7. The topological polar surface area (TPSA) is 78.4 Å². The van der Waals surface area contributed by atoms with Crippen LogP contribution in [0.2, 0.25) is 0 Å². The Balaban J connectivity index is 1.96. The van der Waals surface area contributed by atoms with Crippen molar-refractivity contribution in [1.29, 1.82) is 0 Å². The zero-order valence-electron chi connectivity index (χ0n) is 32.5. The van der Waals surface area contributed by atoms with Crippen molar-refractivity contribution < 1.29 is 14.7 Å². The van der Waals surface area contributed by atoms with Crippen molar-refractivity contribution in [2.75, 3.05) is 0 Å². The fraction of sp³-hybridized carbons (Fsp3) is 0.818. The minimum absolute atomic E-state index is 0.0991. The first-order valence-corrected chi connectivity index (χ1v) is 21.3. The maximum atomic E-state index is 12.4. The molecule has 1 atom stereocenters. The second kappa shape index (κ2) is 34.6. The Morgan fingerprint density at radius 3 is 1.16 bits per heavy atom. The standard InChI is InChI=1S/C44H80N2O3/c1-3-5-7-9-10-11-12-13-14-15-16-17-21-24-28-35-43(48)45-38-40-31-30-32-41(37-40)39-46-44(49)36-29-25-22-19-18-20-23-27-34-42(47)33-26-8-6-4-2/h30-32,37,42,47H,3-29,33-36,38-39H2,1-2H3,(H,45,48)(H,46,49). The van der Waals surface area contributed by atoms with E-state index in [1.807, 2.05) is 18.2 Å². The molecule has 0 aliphatic heterocycles. The van der Waals surface area contributed by atoms with Gasteiger partial charge in [0.05, 0.1) is 6.10 Å². The fourth-order valence-electron chi connectivity index (χ4n) is 6.76. The van der Waals surface area contributed by atoms with E-state index in [9.17, 15) is 14.7 Å². The first kappa shape index (κ1) is 45.1. The van der Waals surface area contributed by atoms with Crippen molar-refractivity contribution in [3.05, 3.63) is 35.4 Å². The number of hydrogen-bond acceptors (Lipinski definition) is 3. The molecule has 0 aromatic heterocycles. The number of hydrogen-bond donors (Lipinski definition) is 3. The summed E-state index contributed by atoms with van der Waals surface area (Å²) < 4.78 is 0. The molecule has 0 spiro atoms. The second-order valence-electron chi connectivity index (χ2n) is 14.9. The molecule has 5 nitrogen and oxygen atoms in total. The van der Waals surface area contributed by atoms with Gasteiger partial charge in [0.2, 0.25) is 11.8 Å². The molecule has 49 heavy (non-hydrogen) atoms. The molecule has 5 heteroatoms. The van der Waals surface area contributed by atoms with Gasteiger partial charge in [0, 0.05) is 25.9 Å². The fourth-order valence-corrected chi connectivity index (χ4v) is 6.76. The largest absolute Gasteiger partial charge is 0.393 e. The average Bonchev–Trinajstić information content (AvgIpc) is 3.11. The summed E-state index contributed by atoms with van der Waals surface area (Å²) in [6.07, 6.45) is 37.4. The predicted octanol–water partition coefficient (Wildman–Crippen LogP) is 12.4. The summed E-state index contributed by atoms with van der Waals surface area (Å²) in [5.74, 6) is 0.257. The second-order valence-corrected chi connectivity index (χ2v) is 14.9. The van der Waals surface area contributed by atoms with Crippen LogP contribution in [-0.2, 0) is 22.7 Å². The van der Waals surface area contributed by atoms with E-state index in [4.69, 9.17) is 0 Å². The molecule has 0 saturated heterocycles. The van der Waals surface area contributed by atoms with Crippen LogP contribution in [0, 0.1) is 0 Å². The Bertz CT molecular complexity index is 889. The summed E-state index contributed by atoms with van der Waals surface area (Å²) in [6, 6.07) is 8.17. The molecule has 2 amide bonds. The van der Waals surface area contributed by atoms with Crippen LogP contribution >= 0.6 is 0 Å². The number of rotatable bonds is 36. The van der Waals surface area contributed by atoms with Gasteiger partial charge < -0.3 is 15.7 Å². The van der Waals surface area contributed by atoms with Crippen molar-refractivity contribution in [1.82, 2.24) is 10.6 Å². The van der Waals surface area contributed by atoms with Crippen LogP contribution in [0.1, 0.15) is 224 Å². The molecule has 1 unspecified atom stereocenters. The monoisotopic (exact) mass is 685 g/mol. The molecular weight excluding hydrogens is 604 g/mol. The molecule has 1 rings (SSSR count). The average molecular weight is 685 g/mol. The molecule has 0 bridgehead atoms. The summed E-state index contributed by atoms with van der Waals surface area (Å²) in [5.41, 5.74) is 2.15. The molecule has 1 aromatic carbocycles. The molecule has 0 radical (unpaired) electrons. The predicted molar refractivity (Wildman–Crippen MR) is 211 cm³/mol. The van der Waals surface area contributed by atoms with E-state index in [-0.39, 0.29) is 17.9 Å². The summed E-state index contributed by atoms with van der Waals surface area (Å²) in [7, 11) is 0. The minimum Gasteiger partial charge on any atom is -0.393 e. The Morgan fingerprint density at radius 2 is 0.796 bits per heavy atom. The number of amides is 2. The van der Waals surface area contributed by atoms with E-state index in [0.29, 0.717) is 25.9 Å². The number of aliphatic hydroxyl groups excluding tert-OH is 1. The van der Waals surface area contributed by atoms with Crippen LogP contribution in [0.5, 0.6) is 0 Å². The van der Waals surface area contributed by atoms with Crippen molar-refractivity contribution in [3.8, 4) is 0 Å². The van der Waals surface area contributed by atoms with E-state index in [2.05, 4.69) is 30.5 Å². The molecule has 284 valence electrons. The van der Waals surface area contributed by atoms with E-state index >= 15 is 0 Å². The van der Waals surface area contributed by atoms with E-state index in [1.54, 1.807) is 0 Å². The third-order valence-corrected chi connectivity index (χ3v) is 10.1. The number of unbranched alkanes of at least 4 members (excludes halogenated alkanes) is 24. The number of carbonyl (C=O) groups excluding carboxylic acids is 2. The minimum atomic E-state index is -0.0991. The summed E-state index contributed by atoms with van der Waals surface area (Å²) >= 11 is 0. The highest BCUT2D eigenvalue weighted by molar-refractivity contribution is 5.76. The molecule has 0 heterocycles. The number of benzene rings is 1. The Labute approximate surface area is 304 Å². The van der Waals surface area contributed by atoms with Gasteiger partial charge in [0.15, 0.2) is 0 Å². The Morgan fingerprint density at radius 1 is 0.490 bits per heavy atom. The van der Waals surface area contributed by atoms with Gasteiger partial charge in [0.25, 0.3) is 0 Å². The first-order valence-electron chi connectivity index (χ1n) is 21.3. The molecular formula is C44H80N2O3. The number of aliphatic hydroxyl groups is 1. The maximum Gasteiger partial charge on any atom is 0.220 e. The SMILES string of the molecule is CCCCCCCCCCCCCCCCCC(=O)NCc1cccc(CNC(=O)CCCCCCCCCCC(O)CCCCCC)c1. The van der Waals surface area contributed by atoms with E-state index in [1.165, 1.54) is 141 Å². The maximum absolute atomic E-state index is 12.4. The van der Waals surface area contributed by atoms with Crippen LogP contribution in [-0.4, -0.2) is 23.0 Å². The quantitative estimate of drug-likeness (QED) is 0.0616. The zero-order valence-corrected chi connectivity index (χ0v) is 32.5. The lowest BCUT2D eigenvalue weighted by atomic mass is 10.0. The Kier molecular flexibility index (Phi) is 31.8. The summed E-state index contributed by atoms with van der Waals surface area (Å²) in [6.45, 7) is 5.58. The van der Waals surface area contributed by atoms with Gasteiger partial charge in [-0.25, -0.2) is 0 Å². The smallest absolute Gasteiger partial charge is 0.220 e. The lowest BCUT2D eigenvalue weighted by molar-refractivity contribution is -0.122. The lowest BCUT2D eigenvalue weighted by Gasteiger charge is -2.10. The van der Waals surface area contributed by atoms with E-state index < -0.39 is 0 Å². The summed E-state index contributed by atoms with van der Waals surface area (Å²) in [5, 5.41) is 16.2. The van der Waals surface area contributed by atoms with Gasteiger partial charge in [-0.3, -0.25) is 9.59 Å². The number of nitrogens with one attached hydrogen (secondary N) is 2. The number of carbonyl (C=O) groups is 2. The highest BCUT2D eigenvalue weighted by atomic mass is 16.3. The van der Waals surface area contributed by atoms with Gasteiger partial charge in [0.1, 0.15) is 0 Å². The first-order chi connectivity index (χ1) is 24.0. The van der Waals surface area contributed by atoms with Gasteiger partial charge in [-0.1, -0.05) is 199 Å². The third-order valence-electron chi connectivity index (χ3n) is 10.1. The van der Waals surface area contributed by atoms with Crippen molar-refractivity contribution in [2.45, 2.75) is 232 Å². The Hall–Kier alpha value is -1.88. The molecule has 0 aliphatic carbocycles. The molecule has 1 aromatic rings. The van der Waals surface area contributed by atoms with Crippen LogP contribution in [0.3, 0.4) is 0 Å². The highest BCUT2D eigenvalue weighted by Crippen LogP contribution is 2.16. The van der Waals surface area contributed by atoms with Gasteiger partial charge >= 0.3 is 0 Å². The van der Waals surface area contributed by atoms with Crippen LogP contribution < -0.4 is 10.6 Å². The van der Waals surface area contributed by atoms with Gasteiger partial charge in [-0.15, -0.1) is 0 Å². The lowest BCUT2D eigenvalue weighted by Crippen LogP contribution is -2.23. The normalized spacial score (nSPS) is 11.9. The van der Waals surface area contributed by atoms with Crippen LogP contribution in [0.15, 0.2) is 24.3 Å². The van der Waals surface area contributed by atoms with Crippen LogP contribution in [0.25, 0.3) is 0 Å². The third kappa shape index (κ3) is 30.7. The highest BCUT2D eigenvalue weighted by Gasteiger charge is 2.06. The van der Waals surface area contributed by atoms with E-state index in [0.717, 1.165) is 56.1 Å². The molecule has 3 N–H and O–H groups in total. The molecule has 0 saturated carbocycles. The van der Waals surface area contributed by atoms with Crippen LogP contribution in [0.4, 0.5) is 0 Å². The van der Waals surface area contributed by atoms with Crippen molar-refractivity contribution >= 4 is 11.8 Å². The molecule has 0 aliphatic rings. The zero-order chi connectivity index (χ0) is 35.5. The van der Waals surface area contributed by atoms with Gasteiger partial charge in [-0.05, 0) is 36.8 Å². The van der Waals surface area contributed by atoms with Crippen molar-refractivity contribution in [2.24, 2.45) is 0 Å².